The quantitative estimate of drug-likeness (QED) is 0.177. The summed E-state index contributed by atoms with van der Waals surface area (Å²) in [6.07, 6.45) is 0. The molecule has 310 valence electrons. The van der Waals surface area contributed by atoms with E-state index in [-0.39, 0.29) is 5.41 Å². The number of anilines is 3. The summed E-state index contributed by atoms with van der Waals surface area (Å²) >= 11 is 0. The summed E-state index contributed by atoms with van der Waals surface area (Å²) < 4.78 is 2.29. The van der Waals surface area contributed by atoms with Crippen molar-refractivity contribution in [2.24, 2.45) is 0 Å². The van der Waals surface area contributed by atoms with Gasteiger partial charge in [0, 0.05) is 33.0 Å². The minimum atomic E-state index is -0.408. The summed E-state index contributed by atoms with van der Waals surface area (Å²) in [5, 5.41) is 2.35. The molecule has 1 spiro atoms. The van der Waals surface area contributed by atoms with E-state index in [2.05, 4.69) is 242 Å². The smallest absolute Gasteiger partial charge is 0.235 e. The molecule has 4 heteroatoms. The summed E-state index contributed by atoms with van der Waals surface area (Å²) in [5.74, 6) is 0.634. The number of rotatable bonds is 4. The molecule has 4 nitrogen and oxygen atoms in total. The molecule has 0 radical (unpaired) electrons. The standard InChI is InChI=1S/C62H42N4/c1-61(2)52-30-16-18-32-57(52)65(41-21-7-4-8-22-41)59-38-58-47(36-53(59)61)45-26-12-17-31-56(45)66(58)60-63-54(39-19-5-3-6-20-39)37-55(64-60)40-33-34-51-46(35-40)44-25-11-15-29-50(44)62(51)48-27-13-9-23-42(48)43-24-10-14-28-49(43)62/h3-38H,1-2H3. The van der Waals surface area contributed by atoms with Gasteiger partial charge in [-0.25, -0.2) is 9.97 Å². The van der Waals surface area contributed by atoms with E-state index in [9.17, 15) is 0 Å². The van der Waals surface area contributed by atoms with Crippen molar-refractivity contribution in [2.45, 2.75) is 24.7 Å². The summed E-state index contributed by atoms with van der Waals surface area (Å²) in [5.41, 5.74) is 21.8. The predicted molar refractivity (Wildman–Crippen MR) is 270 cm³/mol. The van der Waals surface area contributed by atoms with E-state index in [1.165, 1.54) is 72.1 Å². The fourth-order valence-corrected chi connectivity index (χ4v) is 11.9. The molecule has 9 aromatic carbocycles. The van der Waals surface area contributed by atoms with Gasteiger partial charge in [0.05, 0.1) is 39.2 Å². The zero-order valence-electron chi connectivity index (χ0n) is 36.6. The van der Waals surface area contributed by atoms with Crippen LogP contribution in [0.5, 0.6) is 0 Å². The van der Waals surface area contributed by atoms with Crippen LogP contribution in [0.2, 0.25) is 0 Å². The number of nitrogens with zero attached hydrogens (tertiary/aromatic N) is 4. The van der Waals surface area contributed by atoms with Gasteiger partial charge in [0.2, 0.25) is 5.95 Å². The van der Waals surface area contributed by atoms with Gasteiger partial charge >= 0.3 is 0 Å². The van der Waals surface area contributed by atoms with Gasteiger partial charge in [-0.2, -0.15) is 0 Å². The molecule has 66 heavy (non-hydrogen) atoms. The Bertz CT molecular complexity index is 3760. The van der Waals surface area contributed by atoms with E-state index in [1.807, 2.05) is 0 Å². The molecule has 0 unspecified atom stereocenters. The third kappa shape index (κ3) is 4.93. The van der Waals surface area contributed by atoms with Crippen LogP contribution in [0, 0.1) is 0 Å². The van der Waals surface area contributed by atoms with Gasteiger partial charge in [-0.05, 0) is 104 Å². The van der Waals surface area contributed by atoms with Gasteiger partial charge in [0.25, 0.3) is 0 Å². The van der Waals surface area contributed by atoms with Crippen molar-refractivity contribution in [2.75, 3.05) is 4.90 Å². The molecular weight excluding hydrogens is 801 g/mol. The van der Waals surface area contributed by atoms with Crippen LogP contribution in [0.25, 0.3) is 72.5 Å². The zero-order chi connectivity index (χ0) is 43.7. The molecule has 0 fully saturated rings. The topological polar surface area (TPSA) is 34.0 Å². The lowest BCUT2D eigenvalue weighted by atomic mass is 9.70. The Morgan fingerprint density at radius 2 is 0.909 bits per heavy atom. The molecule has 0 saturated carbocycles. The first kappa shape index (κ1) is 37.1. The Kier molecular flexibility index (Phi) is 7.63. The van der Waals surface area contributed by atoms with Crippen LogP contribution in [-0.2, 0) is 10.8 Å². The average molecular weight is 843 g/mol. The van der Waals surface area contributed by atoms with E-state index < -0.39 is 5.41 Å². The lowest BCUT2D eigenvalue weighted by molar-refractivity contribution is 0.633. The van der Waals surface area contributed by atoms with Crippen molar-refractivity contribution in [3.8, 4) is 50.7 Å². The molecule has 3 aliphatic rings. The Labute approximate surface area is 383 Å². The van der Waals surface area contributed by atoms with E-state index in [0.717, 1.165) is 44.9 Å². The van der Waals surface area contributed by atoms with Crippen LogP contribution in [0.3, 0.4) is 0 Å². The van der Waals surface area contributed by atoms with Crippen LogP contribution >= 0.6 is 0 Å². The second-order valence-corrected chi connectivity index (χ2v) is 18.5. The van der Waals surface area contributed by atoms with E-state index >= 15 is 0 Å². The maximum atomic E-state index is 5.61. The third-order valence-corrected chi connectivity index (χ3v) is 14.8. The van der Waals surface area contributed by atoms with Gasteiger partial charge in [-0.15, -0.1) is 0 Å². The van der Waals surface area contributed by atoms with Crippen molar-refractivity contribution < 1.29 is 0 Å². The second-order valence-electron chi connectivity index (χ2n) is 18.5. The van der Waals surface area contributed by atoms with Gasteiger partial charge in [-0.1, -0.05) is 184 Å². The highest BCUT2D eigenvalue weighted by Crippen LogP contribution is 2.63. The molecule has 2 aromatic heterocycles. The molecule has 0 N–H and O–H groups in total. The monoisotopic (exact) mass is 842 g/mol. The summed E-state index contributed by atoms with van der Waals surface area (Å²) in [7, 11) is 0. The molecule has 3 heterocycles. The van der Waals surface area contributed by atoms with Crippen LogP contribution in [0.4, 0.5) is 17.1 Å². The number of aromatic nitrogens is 3. The van der Waals surface area contributed by atoms with Crippen molar-refractivity contribution in [1.82, 2.24) is 14.5 Å². The number of hydrogen-bond donors (Lipinski definition) is 0. The molecule has 0 atom stereocenters. The Hall–Kier alpha value is -8.34. The zero-order valence-corrected chi connectivity index (χ0v) is 36.6. The third-order valence-electron chi connectivity index (χ3n) is 14.8. The minimum absolute atomic E-state index is 0.251. The molecule has 0 saturated heterocycles. The van der Waals surface area contributed by atoms with E-state index in [1.54, 1.807) is 0 Å². The molecule has 2 aliphatic carbocycles. The van der Waals surface area contributed by atoms with E-state index in [4.69, 9.17) is 9.97 Å². The number of fused-ring (bicyclic) bond motifs is 15. The SMILES string of the molecule is CC1(C)c2ccccc2N(c2ccccc2)c2cc3c(cc21)c1ccccc1n3-c1nc(-c2ccccc2)cc(-c2ccc3c(c2)-c2ccccc2C32c3ccccc3-c3ccccc32)n1. The van der Waals surface area contributed by atoms with Crippen molar-refractivity contribution in [3.05, 3.63) is 252 Å². The lowest BCUT2D eigenvalue weighted by Crippen LogP contribution is -2.30. The van der Waals surface area contributed by atoms with Crippen LogP contribution in [0.15, 0.2) is 218 Å². The fraction of sp³-hybridized carbons (Fsp3) is 0.0645. The normalized spacial score (nSPS) is 14.4. The summed E-state index contributed by atoms with van der Waals surface area (Å²) in [4.78, 5) is 13.5. The molecule has 0 amide bonds. The van der Waals surface area contributed by atoms with Gasteiger partial charge in [-0.3, -0.25) is 4.57 Å². The average Bonchev–Trinajstić information content (AvgIpc) is 3.98. The van der Waals surface area contributed by atoms with Gasteiger partial charge in [0.1, 0.15) is 0 Å². The van der Waals surface area contributed by atoms with E-state index in [0.29, 0.717) is 5.95 Å². The number of para-hydroxylation sites is 3. The molecular formula is C62H42N4. The maximum Gasteiger partial charge on any atom is 0.235 e. The summed E-state index contributed by atoms with van der Waals surface area (Å²) in [6.45, 7) is 4.72. The van der Waals surface area contributed by atoms with Crippen LogP contribution in [0.1, 0.15) is 47.2 Å². The number of hydrogen-bond acceptors (Lipinski definition) is 3. The predicted octanol–water partition coefficient (Wildman–Crippen LogP) is 15.4. The van der Waals surface area contributed by atoms with Crippen molar-refractivity contribution in [3.63, 3.8) is 0 Å². The second kappa shape index (κ2) is 13.6. The Morgan fingerprint density at radius 3 is 1.61 bits per heavy atom. The first-order valence-corrected chi connectivity index (χ1v) is 22.9. The maximum absolute atomic E-state index is 5.61. The fourth-order valence-electron chi connectivity index (χ4n) is 11.9. The minimum Gasteiger partial charge on any atom is -0.310 e. The highest BCUT2D eigenvalue weighted by Gasteiger charge is 2.51. The van der Waals surface area contributed by atoms with Gasteiger partial charge in [0.15, 0.2) is 0 Å². The molecule has 11 aromatic rings. The van der Waals surface area contributed by atoms with Crippen molar-refractivity contribution in [1.29, 1.82) is 0 Å². The first-order valence-electron chi connectivity index (χ1n) is 22.9. The Morgan fingerprint density at radius 1 is 0.364 bits per heavy atom. The van der Waals surface area contributed by atoms with Crippen molar-refractivity contribution >= 4 is 38.9 Å². The van der Waals surface area contributed by atoms with Crippen LogP contribution < -0.4 is 4.90 Å². The number of benzene rings is 9. The van der Waals surface area contributed by atoms with Gasteiger partial charge < -0.3 is 4.90 Å². The summed E-state index contributed by atoms with van der Waals surface area (Å²) in [6, 6.07) is 79.9. The highest BCUT2D eigenvalue weighted by molar-refractivity contribution is 6.11. The first-order chi connectivity index (χ1) is 32.5. The van der Waals surface area contributed by atoms with Crippen LogP contribution in [-0.4, -0.2) is 14.5 Å². The Balaban J connectivity index is 1.02. The molecule has 14 rings (SSSR count). The molecule has 1 aliphatic heterocycles. The molecule has 0 bridgehead atoms. The largest absolute Gasteiger partial charge is 0.310 e. The lowest BCUT2D eigenvalue weighted by Gasteiger charge is -2.42. The highest BCUT2D eigenvalue weighted by atomic mass is 15.2.